The van der Waals surface area contributed by atoms with E-state index in [1.165, 1.54) is 12.3 Å². The maximum atomic E-state index is 11.6. The van der Waals surface area contributed by atoms with Gasteiger partial charge >= 0.3 is 11.9 Å². The molecule has 8 nitrogen and oxygen atoms in total. The summed E-state index contributed by atoms with van der Waals surface area (Å²) in [6.07, 6.45) is 1.50. The lowest BCUT2D eigenvalue weighted by Gasteiger charge is -2.12. The number of carboxylic acids is 2. The normalized spacial score (nSPS) is 11.6. The van der Waals surface area contributed by atoms with Crippen LogP contribution in [0.3, 0.4) is 0 Å². The molecular formula is C10H10N2O6. The molecule has 1 aromatic heterocycles. The predicted molar refractivity (Wildman–Crippen MR) is 57.0 cm³/mol. The summed E-state index contributed by atoms with van der Waals surface area (Å²) in [7, 11) is 0. The van der Waals surface area contributed by atoms with Crippen LogP contribution in [0.25, 0.3) is 0 Å². The van der Waals surface area contributed by atoms with Gasteiger partial charge in [-0.05, 0) is 6.07 Å². The molecule has 0 bridgehead atoms. The van der Waals surface area contributed by atoms with Gasteiger partial charge < -0.3 is 20.6 Å². The molecule has 1 heterocycles. The second-order valence-electron chi connectivity index (χ2n) is 3.35. The van der Waals surface area contributed by atoms with Gasteiger partial charge in [-0.25, -0.2) is 4.79 Å². The highest BCUT2D eigenvalue weighted by Crippen LogP contribution is 2.13. The molecule has 96 valence electrons. The highest BCUT2D eigenvalue weighted by Gasteiger charge is 2.24. The summed E-state index contributed by atoms with van der Waals surface area (Å²) >= 11 is 0. The van der Waals surface area contributed by atoms with E-state index in [-0.39, 0.29) is 5.56 Å². The van der Waals surface area contributed by atoms with Crippen molar-refractivity contribution in [2.45, 2.75) is 12.5 Å². The van der Waals surface area contributed by atoms with Crippen LogP contribution in [0.4, 0.5) is 0 Å². The monoisotopic (exact) mass is 254 g/mol. The van der Waals surface area contributed by atoms with Gasteiger partial charge in [0.1, 0.15) is 11.8 Å². The molecular weight excluding hydrogens is 244 g/mol. The summed E-state index contributed by atoms with van der Waals surface area (Å²) in [4.78, 5) is 36.3. The minimum Gasteiger partial charge on any atom is -0.505 e. The average molecular weight is 254 g/mol. The zero-order valence-corrected chi connectivity index (χ0v) is 9.03. The van der Waals surface area contributed by atoms with Crippen LogP contribution in [0.1, 0.15) is 16.8 Å². The summed E-state index contributed by atoms with van der Waals surface area (Å²) in [6.45, 7) is 0. The van der Waals surface area contributed by atoms with Crippen molar-refractivity contribution in [3.05, 3.63) is 24.0 Å². The van der Waals surface area contributed by atoms with Gasteiger partial charge in [0, 0.05) is 6.20 Å². The molecule has 4 N–H and O–H groups in total. The maximum absolute atomic E-state index is 11.6. The van der Waals surface area contributed by atoms with E-state index in [0.29, 0.717) is 0 Å². The molecule has 0 aliphatic heterocycles. The number of hydrogen-bond acceptors (Lipinski definition) is 5. The number of nitrogens with zero attached hydrogens (tertiary/aromatic N) is 1. The molecule has 1 atom stereocenters. The van der Waals surface area contributed by atoms with E-state index >= 15 is 0 Å². The minimum absolute atomic E-state index is 0.179. The Balaban J connectivity index is 2.82. The van der Waals surface area contributed by atoms with Gasteiger partial charge in [-0.3, -0.25) is 14.6 Å². The van der Waals surface area contributed by atoms with Crippen LogP contribution in [-0.2, 0) is 9.59 Å². The van der Waals surface area contributed by atoms with Crippen LogP contribution >= 0.6 is 0 Å². The van der Waals surface area contributed by atoms with Crippen LogP contribution in [0.2, 0.25) is 0 Å². The predicted octanol–water partition coefficient (Wildman–Crippen LogP) is -0.555. The Morgan fingerprint density at radius 3 is 2.50 bits per heavy atom. The number of pyridine rings is 1. The summed E-state index contributed by atoms with van der Waals surface area (Å²) < 4.78 is 0. The lowest BCUT2D eigenvalue weighted by molar-refractivity contribution is -0.145. The van der Waals surface area contributed by atoms with Crippen LogP contribution < -0.4 is 5.32 Å². The second kappa shape index (κ2) is 5.62. The van der Waals surface area contributed by atoms with E-state index in [4.69, 9.17) is 10.2 Å². The number of aromatic nitrogens is 1. The Labute approximate surface area is 101 Å². The smallest absolute Gasteiger partial charge is 0.326 e. The van der Waals surface area contributed by atoms with Crippen molar-refractivity contribution >= 4 is 17.8 Å². The largest absolute Gasteiger partial charge is 0.505 e. The summed E-state index contributed by atoms with van der Waals surface area (Å²) in [6, 6.07) is -0.382. The van der Waals surface area contributed by atoms with Gasteiger partial charge in [-0.2, -0.15) is 0 Å². The standard InChI is InChI=1S/C10H10N2O6/c13-7-4-11-2-1-5(7)9(16)12-6(10(17)18)3-8(14)15/h1-2,4,6,13H,3H2,(H,12,16)(H,14,15)(H,17,18). The van der Waals surface area contributed by atoms with E-state index in [2.05, 4.69) is 4.98 Å². The van der Waals surface area contributed by atoms with Crippen molar-refractivity contribution in [2.24, 2.45) is 0 Å². The maximum Gasteiger partial charge on any atom is 0.326 e. The summed E-state index contributed by atoms with van der Waals surface area (Å²) in [5, 5.41) is 28.6. The van der Waals surface area contributed by atoms with Crippen LogP contribution in [-0.4, -0.2) is 44.2 Å². The number of rotatable bonds is 5. The lowest BCUT2D eigenvalue weighted by Crippen LogP contribution is -2.42. The number of amides is 1. The Morgan fingerprint density at radius 1 is 1.33 bits per heavy atom. The minimum atomic E-state index is -1.57. The molecule has 0 saturated heterocycles. The highest BCUT2D eigenvalue weighted by atomic mass is 16.4. The Kier molecular flexibility index (Phi) is 4.19. The first-order chi connectivity index (χ1) is 8.41. The number of carboxylic acid groups (broad SMARTS) is 2. The fraction of sp³-hybridized carbons (Fsp3) is 0.200. The van der Waals surface area contributed by atoms with E-state index in [1.54, 1.807) is 0 Å². The van der Waals surface area contributed by atoms with E-state index in [9.17, 15) is 19.5 Å². The second-order valence-corrected chi connectivity index (χ2v) is 3.35. The molecule has 0 spiro atoms. The Morgan fingerprint density at radius 2 is 2.00 bits per heavy atom. The number of hydrogen-bond donors (Lipinski definition) is 4. The van der Waals surface area contributed by atoms with Gasteiger partial charge in [0.2, 0.25) is 0 Å². The Hall–Kier alpha value is -2.64. The zero-order chi connectivity index (χ0) is 13.7. The molecule has 0 aromatic carbocycles. The first-order valence-electron chi connectivity index (χ1n) is 4.80. The van der Waals surface area contributed by atoms with Gasteiger partial charge in [-0.1, -0.05) is 0 Å². The van der Waals surface area contributed by atoms with Gasteiger partial charge in [0.15, 0.2) is 0 Å². The van der Waals surface area contributed by atoms with Crippen molar-refractivity contribution in [3.63, 3.8) is 0 Å². The third-order valence-corrected chi connectivity index (χ3v) is 2.03. The van der Waals surface area contributed by atoms with Gasteiger partial charge in [0.05, 0.1) is 18.2 Å². The van der Waals surface area contributed by atoms with E-state index in [0.717, 1.165) is 6.20 Å². The third kappa shape index (κ3) is 3.44. The molecule has 0 fully saturated rings. The fourth-order valence-corrected chi connectivity index (χ4v) is 1.19. The number of nitrogens with one attached hydrogen (secondary N) is 1. The molecule has 0 aliphatic rings. The lowest BCUT2D eigenvalue weighted by atomic mass is 10.1. The molecule has 1 unspecified atom stereocenters. The van der Waals surface area contributed by atoms with Gasteiger partial charge in [-0.15, -0.1) is 0 Å². The SMILES string of the molecule is O=C(O)CC(NC(=O)c1ccncc1O)C(=O)O. The van der Waals surface area contributed by atoms with Crippen LogP contribution in [0.5, 0.6) is 5.75 Å². The molecule has 18 heavy (non-hydrogen) atoms. The topological polar surface area (TPSA) is 137 Å². The first kappa shape index (κ1) is 13.4. The molecule has 0 radical (unpaired) electrons. The van der Waals surface area contributed by atoms with Crippen molar-refractivity contribution < 1.29 is 29.7 Å². The average Bonchev–Trinajstić information content (AvgIpc) is 2.27. The first-order valence-corrected chi connectivity index (χ1v) is 4.80. The number of carbonyl (C=O) groups is 3. The molecule has 8 heteroatoms. The Bertz CT molecular complexity index is 487. The van der Waals surface area contributed by atoms with Crippen LogP contribution in [0, 0.1) is 0 Å². The zero-order valence-electron chi connectivity index (χ0n) is 9.03. The van der Waals surface area contributed by atoms with E-state index in [1.807, 2.05) is 5.32 Å². The molecule has 0 aliphatic carbocycles. The van der Waals surface area contributed by atoms with E-state index < -0.39 is 36.1 Å². The molecule has 1 aromatic rings. The van der Waals surface area contributed by atoms with Gasteiger partial charge in [0.25, 0.3) is 5.91 Å². The molecule has 1 rings (SSSR count). The summed E-state index contributed by atoms with van der Waals surface area (Å²) in [5.41, 5.74) is -0.179. The van der Waals surface area contributed by atoms with Crippen molar-refractivity contribution in [3.8, 4) is 5.75 Å². The molecule has 1 amide bonds. The molecule has 0 saturated carbocycles. The number of aromatic hydroxyl groups is 1. The van der Waals surface area contributed by atoms with Crippen LogP contribution in [0.15, 0.2) is 18.5 Å². The van der Waals surface area contributed by atoms with Crippen molar-refractivity contribution in [2.75, 3.05) is 0 Å². The summed E-state index contributed by atoms with van der Waals surface area (Å²) in [5.74, 6) is -4.14. The van der Waals surface area contributed by atoms with Crippen molar-refractivity contribution in [1.29, 1.82) is 0 Å². The third-order valence-electron chi connectivity index (χ3n) is 2.03. The number of carbonyl (C=O) groups excluding carboxylic acids is 1. The number of aliphatic carboxylic acids is 2. The highest BCUT2D eigenvalue weighted by molar-refractivity contribution is 5.99. The van der Waals surface area contributed by atoms with Crippen molar-refractivity contribution in [1.82, 2.24) is 10.3 Å². The fourth-order valence-electron chi connectivity index (χ4n) is 1.19. The quantitative estimate of drug-likeness (QED) is 0.553.